The maximum atomic E-state index is 9.44. The summed E-state index contributed by atoms with van der Waals surface area (Å²) in [5.41, 5.74) is 2.29. The van der Waals surface area contributed by atoms with Crippen molar-refractivity contribution in [2.24, 2.45) is 0 Å². The maximum Gasteiger partial charge on any atom is 0.287 e. The lowest BCUT2D eigenvalue weighted by Gasteiger charge is -1.92. The van der Waals surface area contributed by atoms with Gasteiger partial charge >= 0.3 is 0 Å². The molecule has 0 amide bonds. The average molecular weight is 238 g/mol. The lowest BCUT2D eigenvalue weighted by atomic mass is 10.1. The van der Waals surface area contributed by atoms with E-state index in [4.69, 9.17) is 4.55 Å². The minimum atomic E-state index is -3.90. The first-order chi connectivity index (χ1) is 7.42. The Hall–Kier alpha value is -1.65. The second-order valence-electron chi connectivity index (χ2n) is 2.76. The van der Waals surface area contributed by atoms with Crippen molar-refractivity contribution in [2.45, 2.75) is 0 Å². The van der Waals surface area contributed by atoms with Crippen LogP contribution in [-0.4, -0.2) is 13.0 Å². The molecule has 0 fully saturated rings. The van der Waals surface area contributed by atoms with Gasteiger partial charge in [0.05, 0.1) is 5.41 Å². The molecule has 0 aromatic heterocycles. The van der Waals surface area contributed by atoms with Crippen LogP contribution in [0.1, 0.15) is 11.1 Å². The average Bonchev–Trinajstić information content (AvgIpc) is 2.29. The summed E-state index contributed by atoms with van der Waals surface area (Å²) < 4.78 is 26.6. The van der Waals surface area contributed by atoms with Crippen molar-refractivity contribution in [1.29, 1.82) is 0 Å². The molecule has 0 radical (unpaired) electrons. The highest BCUT2D eigenvalue weighted by molar-refractivity contribution is 7.88. The Balaban J connectivity index is 0.000000325. The van der Waals surface area contributed by atoms with Crippen molar-refractivity contribution in [2.75, 3.05) is 0 Å². The molecule has 1 rings (SSSR count). The fourth-order valence-electron chi connectivity index (χ4n) is 0.768. The summed E-state index contributed by atoms with van der Waals surface area (Å²) in [4.78, 5) is 0. The van der Waals surface area contributed by atoms with E-state index in [1.807, 2.05) is 36.4 Å². The van der Waals surface area contributed by atoms with Crippen molar-refractivity contribution in [1.82, 2.24) is 0 Å². The molecule has 0 atom stereocenters. The third-order valence-corrected chi connectivity index (χ3v) is 2.04. The van der Waals surface area contributed by atoms with Gasteiger partial charge in [-0.1, -0.05) is 56.2 Å². The van der Waals surface area contributed by atoms with E-state index in [1.54, 1.807) is 0 Å². The van der Waals surface area contributed by atoms with Gasteiger partial charge in [0.1, 0.15) is 0 Å². The summed E-state index contributed by atoms with van der Waals surface area (Å²) in [6, 6.07) is 8.07. The maximum absolute atomic E-state index is 9.44. The van der Waals surface area contributed by atoms with E-state index < -0.39 is 10.1 Å². The summed E-state index contributed by atoms with van der Waals surface area (Å²) in [7, 11) is -3.90. The van der Waals surface area contributed by atoms with Crippen LogP contribution in [0.5, 0.6) is 0 Å². The van der Waals surface area contributed by atoms with Gasteiger partial charge in [-0.15, -0.1) is 0 Å². The second kappa shape index (κ2) is 6.76. The Morgan fingerprint density at radius 3 is 1.31 bits per heavy atom. The Labute approximate surface area is 96.2 Å². The molecular weight excluding hydrogens is 224 g/mol. The zero-order valence-corrected chi connectivity index (χ0v) is 9.65. The van der Waals surface area contributed by atoms with Crippen LogP contribution in [0, 0.1) is 0 Å². The van der Waals surface area contributed by atoms with Gasteiger partial charge in [-0.25, -0.2) is 0 Å². The van der Waals surface area contributed by atoms with Crippen LogP contribution in [0.2, 0.25) is 0 Å². The monoisotopic (exact) mass is 238 g/mol. The van der Waals surface area contributed by atoms with Crippen molar-refractivity contribution < 1.29 is 13.0 Å². The van der Waals surface area contributed by atoms with Gasteiger partial charge in [-0.05, 0) is 11.1 Å². The van der Waals surface area contributed by atoms with E-state index in [1.165, 1.54) is 0 Å². The highest BCUT2D eigenvalue weighted by Gasteiger charge is 1.88. The predicted octanol–water partition coefficient (Wildman–Crippen LogP) is 2.99. The number of hydrogen-bond donors (Lipinski definition) is 1. The standard InChI is InChI=1S/C10H10.C2H4O3S/c1-3-9-5-7-10(4-2)8-6-9;1-2-6(3,4)5/h3-8H,1-2H2;2H,1H2,(H,3,4,5). The molecule has 16 heavy (non-hydrogen) atoms. The first-order valence-electron chi connectivity index (χ1n) is 4.38. The van der Waals surface area contributed by atoms with E-state index in [0.717, 1.165) is 11.1 Å². The molecule has 0 saturated carbocycles. The smallest absolute Gasteiger partial charge is 0.282 e. The molecule has 0 spiro atoms. The molecular formula is C12H14O3S. The quantitative estimate of drug-likeness (QED) is 0.823. The summed E-state index contributed by atoms with van der Waals surface area (Å²) >= 11 is 0. The number of benzene rings is 1. The summed E-state index contributed by atoms with van der Waals surface area (Å²) in [6.45, 7) is 10.1. The third kappa shape index (κ3) is 6.75. The molecule has 1 aromatic rings. The topological polar surface area (TPSA) is 54.4 Å². The fraction of sp³-hybridized carbons (Fsp3) is 0. The molecule has 1 aromatic carbocycles. The molecule has 3 nitrogen and oxygen atoms in total. The van der Waals surface area contributed by atoms with Crippen LogP contribution in [0.4, 0.5) is 0 Å². The molecule has 0 aliphatic carbocycles. The Morgan fingerprint density at radius 2 is 1.19 bits per heavy atom. The minimum absolute atomic E-state index is 0.465. The predicted molar refractivity (Wildman–Crippen MR) is 68.4 cm³/mol. The van der Waals surface area contributed by atoms with Crippen molar-refractivity contribution in [3.8, 4) is 0 Å². The largest absolute Gasteiger partial charge is 0.287 e. The SMILES string of the molecule is C=CS(=O)(=O)O.C=Cc1ccc(C=C)cc1. The molecule has 4 heteroatoms. The zero-order chi connectivity index (χ0) is 12.6. The second-order valence-corrected chi connectivity index (χ2v) is 4.12. The summed E-state index contributed by atoms with van der Waals surface area (Å²) in [6.07, 6.45) is 3.65. The van der Waals surface area contributed by atoms with Crippen LogP contribution in [0.25, 0.3) is 12.2 Å². The van der Waals surface area contributed by atoms with Crippen LogP contribution >= 0.6 is 0 Å². The van der Waals surface area contributed by atoms with E-state index in [0.29, 0.717) is 5.41 Å². The highest BCUT2D eigenvalue weighted by atomic mass is 32.2. The van der Waals surface area contributed by atoms with Crippen molar-refractivity contribution in [3.05, 3.63) is 60.5 Å². The molecule has 0 aliphatic rings. The first kappa shape index (κ1) is 14.4. The van der Waals surface area contributed by atoms with Crippen LogP contribution in [-0.2, 0) is 10.1 Å². The van der Waals surface area contributed by atoms with Crippen LogP contribution in [0.15, 0.2) is 49.4 Å². The Bertz CT molecular complexity index is 417. The molecule has 0 unspecified atom stereocenters. The van der Waals surface area contributed by atoms with Gasteiger partial charge in [0.25, 0.3) is 10.1 Å². The normalized spacial score (nSPS) is 9.56. The molecule has 0 heterocycles. The zero-order valence-electron chi connectivity index (χ0n) is 8.83. The third-order valence-electron chi connectivity index (χ3n) is 1.62. The molecule has 0 aliphatic heterocycles. The molecule has 0 bridgehead atoms. The van der Waals surface area contributed by atoms with Gasteiger partial charge in [-0.2, -0.15) is 8.42 Å². The van der Waals surface area contributed by atoms with E-state index >= 15 is 0 Å². The van der Waals surface area contributed by atoms with Crippen LogP contribution < -0.4 is 0 Å². The Morgan fingerprint density at radius 1 is 0.938 bits per heavy atom. The number of hydrogen-bond acceptors (Lipinski definition) is 2. The van der Waals surface area contributed by atoms with Gasteiger partial charge in [0.2, 0.25) is 0 Å². The van der Waals surface area contributed by atoms with Gasteiger partial charge in [0, 0.05) is 0 Å². The van der Waals surface area contributed by atoms with E-state index in [-0.39, 0.29) is 0 Å². The summed E-state index contributed by atoms with van der Waals surface area (Å²) in [5, 5.41) is 0.465. The van der Waals surface area contributed by atoms with E-state index in [9.17, 15) is 8.42 Å². The van der Waals surface area contributed by atoms with Gasteiger partial charge in [0.15, 0.2) is 0 Å². The van der Waals surface area contributed by atoms with Gasteiger partial charge in [-0.3, -0.25) is 4.55 Å². The minimum Gasteiger partial charge on any atom is -0.282 e. The lowest BCUT2D eigenvalue weighted by Crippen LogP contribution is -1.86. The molecule has 86 valence electrons. The fourth-order valence-corrected chi connectivity index (χ4v) is 0.768. The first-order valence-corrected chi connectivity index (χ1v) is 5.88. The Kier molecular flexibility index (Phi) is 6.07. The summed E-state index contributed by atoms with van der Waals surface area (Å²) in [5.74, 6) is 0. The van der Waals surface area contributed by atoms with E-state index in [2.05, 4.69) is 19.7 Å². The molecule has 1 N–H and O–H groups in total. The highest BCUT2D eigenvalue weighted by Crippen LogP contribution is 2.05. The van der Waals surface area contributed by atoms with Crippen molar-refractivity contribution in [3.63, 3.8) is 0 Å². The van der Waals surface area contributed by atoms with Crippen molar-refractivity contribution >= 4 is 22.3 Å². The van der Waals surface area contributed by atoms with Gasteiger partial charge < -0.3 is 0 Å². The lowest BCUT2D eigenvalue weighted by molar-refractivity contribution is 0.494. The van der Waals surface area contributed by atoms with Crippen LogP contribution in [0.3, 0.4) is 0 Å². The number of rotatable bonds is 3. The molecule has 0 saturated heterocycles.